The highest BCUT2D eigenvalue weighted by Crippen LogP contribution is 2.36. The maximum atomic E-state index is 11.6. The Morgan fingerprint density at radius 2 is 2.00 bits per heavy atom. The van der Waals surface area contributed by atoms with Crippen LogP contribution in [-0.4, -0.2) is 23.3 Å². The highest BCUT2D eigenvalue weighted by atomic mass is 16.1. The lowest BCUT2D eigenvalue weighted by Gasteiger charge is -2.38. The first-order chi connectivity index (χ1) is 5.76. The van der Waals surface area contributed by atoms with Crippen molar-refractivity contribution in [1.29, 1.82) is 0 Å². The third-order valence-electron chi connectivity index (χ3n) is 3.26. The zero-order chi connectivity index (χ0) is 8.60. The zero-order valence-corrected chi connectivity index (χ0v) is 7.55. The fourth-order valence-corrected chi connectivity index (χ4v) is 2.39. The molecule has 1 aliphatic heterocycles. The SMILES string of the molecule is CN1C=CC(=O)C12CCCCC2. The standard InChI is InChI=1S/C10H15NO/c1-11-8-5-9(12)10(11)6-3-2-4-7-10/h5,8H,2-4,6-7H2,1H3. The van der Waals surface area contributed by atoms with Gasteiger partial charge in [0.1, 0.15) is 5.54 Å². The van der Waals surface area contributed by atoms with Gasteiger partial charge in [-0.05, 0) is 18.9 Å². The molecule has 1 aliphatic carbocycles. The fourth-order valence-electron chi connectivity index (χ4n) is 2.39. The van der Waals surface area contributed by atoms with Gasteiger partial charge in [0.15, 0.2) is 5.78 Å². The summed E-state index contributed by atoms with van der Waals surface area (Å²) in [5.74, 6) is 0.324. The van der Waals surface area contributed by atoms with Gasteiger partial charge in [-0.3, -0.25) is 4.79 Å². The molecule has 2 nitrogen and oxygen atoms in total. The van der Waals surface area contributed by atoms with Crippen LogP contribution in [0.4, 0.5) is 0 Å². The number of hydrogen-bond acceptors (Lipinski definition) is 2. The van der Waals surface area contributed by atoms with Crippen molar-refractivity contribution in [1.82, 2.24) is 4.90 Å². The van der Waals surface area contributed by atoms with Crippen molar-refractivity contribution >= 4 is 5.78 Å². The molecule has 0 saturated heterocycles. The van der Waals surface area contributed by atoms with Gasteiger partial charge in [0, 0.05) is 13.2 Å². The van der Waals surface area contributed by atoms with E-state index in [1.54, 1.807) is 6.08 Å². The van der Waals surface area contributed by atoms with Gasteiger partial charge >= 0.3 is 0 Å². The molecular weight excluding hydrogens is 150 g/mol. The number of ketones is 1. The number of rotatable bonds is 0. The molecule has 2 heteroatoms. The Labute approximate surface area is 73.2 Å². The predicted molar refractivity (Wildman–Crippen MR) is 47.7 cm³/mol. The van der Waals surface area contributed by atoms with E-state index in [0.717, 1.165) is 12.8 Å². The van der Waals surface area contributed by atoms with Gasteiger partial charge in [0.25, 0.3) is 0 Å². The van der Waals surface area contributed by atoms with Gasteiger partial charge in [0.2, 0.25) is 0 Å². The molecule has 12 heavy (non-hydrogen) atoms. The van der Waals surface area contributed by atoms with Crippen molar-refractivity contribution in [2.75, 3.05) is 7.05 Å². The van der Waals surface area contributed by atoms with Crippen LogP contribution in [0.3, 0.4) is 0 Å². The van der Waals surface area contributed by atoms with Crippen molar-refractivity contribution in [3.8, 4) is 0 Å². The van der Waals surface area contributed by atoms with Crippen LogP contribution in [0.5, 0.6) is 0 Å². The lowest BCUT2D eigenvalue weighted by molar-refractivity contribution is -0.124. The highest BCUT2D eigenvalue weighted by molar-refractivity contribution is 6.00. The van der Waals surface area contributed by atoms with Crippen LogP contribution in [0.25, 0.3) is 0 Å². The molecule has 0 bridgehead atoms. The highest BCUT2D eigenvalue weighted by Gasteiger charge is 2.43. The van der Waals surface area contributed by atoms with E-state index in [1.165, 1.54) is 19.3 Å². The van der Waals surface area contributed by atoms with E-state index in [9.17, 15) is 4.79 Å². The minimum Gasteiger partial charge on any atom is -0.367 e. The third-order valence-corrected chi connectivity index (χ3v) is 3.26. The van der Waals surface area contributed by atoms with Crippen LogP contribution in [0, 0.1) is 0 Å². The average Bonchev–Trinajstić information content (AvgIpc) is 2.36. The summed E-state index contributed by atoms with van der Waals surface area (Å²) in [4.78, 5) is 13.7. The maximum Gasteiger partial charge on any atom is 0.182 e. The van der Waals surface area contributed by atoms with Crippen LogP contribution in [0.2, 0.25) is 0 Å². The summed E-state index contributed by atoms with van der Waals surface area (Å²) < 4.78 is 0. The predicted octanol–water partition coefficient (Wildman–Crippen LogP) is 1.72. The Bertz CT molecular complexity index is 226. The molecule has 0 aromatic rings. The average molecular weight is 165 g/mol. The van der Waals surface area contributed by atoms with Crippen LogP contribution in [0.15, 0.2) is 12.3 Å². The molecule has 1 heterocycles. The molecule has 0 unspecified atom stereocenters. The Morgan fingerprint density at radius 3 is 2.50 bits per heavy atom. The number of hydrogen-bond donors (Lipinski definition) is 0. The van der Waals surface area contributed by atoms with Crippen molar-refractivity contribution in [2.45, 2.75) is 37.6 Å². The summed E-state index contributed by atoms with van der Waals surface area (Å²) in [6, 6.07) is 0. The summed E-state index contributed by atoms with van der Waals surface area (Å²) in [6.45, 7) is 0. The first-order valence-corrected chi connectivity index (χ1v) is 4.71. The van der Waals surface area contributed by atoms with Gasteiger partial charge in [-0.25, -0.2) is 0 Å². The molecule has 1 spiro atoms. The van der Waals surface area contributed by atoms with Crippen molar-refractivity contribution in [2.24, 2.45) is 0 Å². The zero-order valence-electron chi connectivity index (χ0n) is 7.55. The molecule has 2 rings (SSSR count). The van der Waals surface area contributed by atoms with Gasteiger partial charge in [-0.1, -0.05) is 19.3 Å². The Hall–Kier alpha value is -0.790. The fraction of sp³-hybridized carbons (Fsp3) is 0.700. The number of likely N-dealkylation sites (N-methyl/N-ethyl adjacent to an activating group) is 1. The van der Waals surface area contributed by atoms with Crippen LogP contribution in [0.1, 0.15) is 32.1 Å². The first-order valence-electron chi connectivity index (χ1n) is 4.71. The van der Waals surface area contributed by atoms with Gasteiger partial charge in [0.05, 0.1) is 0 Å². The molecule has 0 atom stereocenters. The molecule has 0 aromatic carbocycles. The Morgan fingerprint density at radius 1 is 1.33 bits per heavy atom. The largest absolute Gasteiger partial charge is 0.367 e. The summed E-state index contributed by atoms with van der Waals surface area (Å²) in [7, 11) is 2.02. The third kappa shape index (κ3) is 0.904. The minimum absolute atomic E-state index is 0.127. The van der Waals surface area contributed by atoms with E-state index in [-0.39, 0.29) is 5.54 Å². The van der Waals surface area contributed by atoms with Gasteiger partial charge in [-0.15, -0.1) is 0 Å². The molecule has 0 radical (unpaired) electrons. The Kier molecular flexibility index (Phi) is 1.71. The molecule has 1 saturated carbocycles. The lowest BCUT2D eigenvalue weighted by Crippen LogP contribution is -2.47. The van der Waals surface area contributed by atoms with Gasteiger partial charge in [-0.2, -0.15) is 0 Å². The van der Waals surface area contributed by atoms with Crippen molar-refractivity contribution in [3.63, 3.8) is 0 Å². The van der Waals surface area contributed by atoms with E-state index < -0.39 is 0 Å². The van der Waals surface area contributed by atoms with E-state index in [0.29, 0.717) is 5.78 Å². The maximum absolute atomic E-state index is 11.6. The molecule has 0 aromatic heterocycles. The number of nitrogens with zero attached hydrogens (tertiary/aromatic N) is 1. The molecular formula is C10H15NO. The monoisotopic (exact) mass is 165 g/mol. The second kappa shape index (κ2) is 2.61. The smallest absolute Gasteiger partial charge is 0.182 e. The second-order valence-electron chi connectivity index (χ2n) is 3.88. The van der Waals surface area contributed by atoms with E-state index in [1.807, 2.05) is 13.2 Å². The van der Waals surface area contributed by atoms with Crippen LogP contribution in [-0.2, 0) is 4.79 Å². The topological polar surface area (TPSA) is 20.3 Å². The molecule has 1 fully saturated rings. The van der Waals surface area contributed by atoms with Gasteiger partial charge < -0.3 is 4.90 Å². The van der Waals surface area contributed by atoms with E-state index in [4.69, 9.17) is 0 Å². The summed E-state index contributed by atoms with van der Waals surface area (Å²) in [5.41, 5.74) is -0.127. The van der Waals surface area contributed by atoms with Crippen molar-refractivity contribution in [3.05, 3.63) is 12.3 Å². The lowest BCUT2D eigenvalue weighted by atomic mass is 9.79. The van der Waals surface area contributed by atoms with E-state index in [2.05, 4.69) is 4.90 Å². The van der Waals surface area contributed by atoms with Crippen LogP contribution < -0.4 is 0 Å². The number of carbonyl (C=O) groups excluding carboxylic acids is 1. The molecule has 0 amide bonds. The normalized spacial score (nSPS) is 27.1. The first kappa shape index (κ1) is 7.84. The second-order valence-corrected chi connectivity index (χ2v) is 3.88. The van der Waals surface area contributed by atoms with E-state index >= 15 is 0 Å². The number of carbonyl (C=O) groups is 1. The minimum atomic E-state index is -0.127. The van der Waals surface area contributed by atoms with Crippen molar-refractivity contribution < 1.29 is 4.79 Å². The molecule has 2 aliphatic rings. The van der Waals surface area contributed by atoms with Crippen LogP contribution >= 0.6 is 0 Å². The molecule has 0 N–H and O–H groups in total. The molecule has 66 valence electrons. The summed E-state index contributed by atoms with van der Waals surface area (Å²) >= 11 is 0. The quantitative estimate of drug-likeness (QED) is 0.544. The Balaban J connectivity index is 2.23. The summed E-state index contributed by atoms with van der Waals surface area (Å²) in [5, 5.41) is 0. The summed E-state index contributed by atoms with van der Waals surface area (Å²) in [6.07, 6.45) is 9.46.